The molecule has 0 fully saturated rings. The molecular formula is C18H19NO4. The Morgan fingerprint density at radius 3 is 2.70 bits per heavy atom. The molecule has 1 aliphatic rings. The molecule has 0 saturated heterocycles. The molecule has 1 unspecified atom stereocenters. The van der Waals surface area contributed by atoms with Crippen LogP contribution in [0.25, 0.3) is 0 Å². The maximum atomic E-state index is 11.9. The number of hydrogen-bond donors (Lipinski definition) is 1. The molecule has 0 spiro atoms. The number of carboxylic acids is 1. The van der Waals surface area contributed by atoms with E-state index in [1.54, 1.807) is 18.2 Å². The molecule has 0 radical (unpaired) electrons. The molecule has 0 amide bonds. The van der Waals surface area contributed by atoms with Gasteiger partial charge in [-0.1, -0.05) is 30.3 Å². The Bertz CT molecular complexity index is 729. The minimum atomic E-state index is -0.866. The Morgan fingerprint density at radius 1 is 1.22 bits per heavy atom. The van der Waals surface area contributed by atoms with Crippen LogP contribution in [0, 0.1) is 0 Å². The van der Waals surface area contributed by atoms with Crippen LogP contribution in [0.2, 0.25) is 0 Å². The number of ether oxygens (including phenoxy) is 1. The van der Waals surface area contributed by atoms with Gasteiger partial charge in [0.2, 0.25) is 0 Å². The van der Waals surface area contributed by atoms with Gasteiger partial charge < -0.3 is 14.7 Å². The van der Waals surface area contributed by atoms with E-state index >= 15 is 0 Å². The second-order valence-corrected chi connectivity index (χ2v) is 5.52. The van der Waals surface area contributed by atoms with Crippen LogP contribution in [-0.2, 0) is 16.1 Å². The zero-order valence-corrected chi connectivity index (χ0v) is 13.2. The molecule has 5 heteroatoms. The first-order valence-electron chi connectivity index (χ1n) is 7.48. The Hall–Kier alpha value is -2.37. The van der Waals surface area contributed by atoms with Crippen LogP contribution in [0.3, 0.4) is 0 Å². The highest BCUT2D eigenvalue weighted by Crippen LogP contribution is 2.45. The smallest absolute Gasteiger partial charge is 0.315 e. The highest BCUT2D eigenvalue weighted by molar-refractivity contribution is 5.84. The summed E-state index contributed by atoms with van der Waals surface area (Å²) in [4.78, 5) is 17.1. The van der Waals surface area contributed by atoms with Gasteiger partial charge in [0, 0.05) is 24.7 Å². The number of nitrogens with zero attached hydrogens (tertiary/aromatic N) is 1. The van der Waals surface area contributed by atoms with Gasteiger partial charge in [-0.05, 0) is 24.1 Å². The van der Waals surface area contributed by atoms with Gasteiger partial charge >= 0.3 is 5.97 Å². The third kappa shape index (κ3) is 2.93. The van der Waals surface area contributed by atoms with E-state index in [0.29, 0.717) is 30.0 Å². The average molecular weight is 313 g/mol. The van der Waals surface area contributed by atoms with Gasteiger partial charge in [0.15, 0.2) is 0 Å². The first-order valence-corrected chi connectivity index (χ1v) is 7.48. The van der Waals surface area contributed by atoms with Crippen molar-refractivity contribution in [3.63, 3.8) is 0 Å². The van der Waals surface area contributed by atoms with Gasteiger partial charge in [-0.2, -0.15) is 5.06 Å². The van der Waals surface area contributed by atoms with Crippen molar-refractivity contribution >= 4 is 5.97 Å². The van der Waals surface area contributed by atoms with Crippen LogP contribution in [0.15, 0.2) is 42.5 Å². The summed E-state index contributed by atoms with van der Waals surface area (Å²) < 4.78 is 5.92. The minimum absolute atomic E-state index is 0.610. The molecule has 5 nitrogen and oxygen atoms in total. The van der Waals surface area contributed by atoms with E-state index in [-0.39, 0.29) is 0 Å². The predicted octanol–water partition coefficient (Wildman–Crippen LogP) is 3.04. The number of hydrogen-bond acceptors (Lipinski definition) is 4. The predicted molar refractivity (Wildman–Crippen MR) is 85.8 cm³/mol. The van der Waals surface area contributed by atoms with E-state index in [2.05, 4.69) is 0 Å². The number of carbonyl (C=O) groups is 1. The van der Waals surface area contributed by atoms with E-state index in [1.807, 2.05) is 43.4 Å². The summed E-state index contributed by atoms with van der Waals surface area (Å²) in [6.45, 7) is 0.668. The summed E-state index contributed by atoms with van der Waals surface area (Å²) in [5.41, 5.74) is 2.40. The lowest BCUT2D eigenvalue weighted by Gasteiger charge is -2.28. The largest absolute Gasteiger partial charge is 0.481 e. The number of rotatable bonds is 5. The molecule has 2 aromatic rings. The van der Waals surface area contributed by atoms with Crippen molar-refractivity contribution in [1.82, 2.24) is 5.06 Å². The first kappa shape index (κ1) is 15.5. The van der Waals surface area contributed by atoms with E-state index in [1.165, 1.54) is 0 Å². The van der Waals surface area contributed by atoms with Crippen molar-refractivity contribution in [1.29, 1.82) is 0 Å². The van der Waals surface area contributed by atoms with Crippen LogP contribution in [-0.4, -0.2) is 36.8 Å². The van der Waals surface area contributed by atoms with Crippen LogP contribution >= 0.6 is 0 Å². The van der Waals surface area contributed by atoms with Crippen LogP contribution in [0.5, 0.6) is 11.5 Å². The molecule has 1 atom stereocenters. The maximum Gasteiger partial charge on any atom is 0.315 e. The van der Waals surface area contributed by atoms with Crippen LogP contribution < -0.4 is 4.74 Å². The number of aliphatic carboxylic acids is 1. The molecule has 120 valence electrons. The summed E-state index contributed by atoms with van der Waals surface area (Å²) in [7, 11) is 3.45. The normalized spacial score (nSPS) is 15.7. The maximum absolute atomic E-state index is 11.9. The molecule has 2 aromatic carbocycles. The minimum Gasteiger partial charge on any atom is -0.481 e. The lowest BCUT2D eigenvalue weighted by molar-refractivity contribution is -0.137. The van der Waals surface area contributed by atoms with Crippen molar-refractivity contribution in [2.75, 3.05) is 20.7 Å². The Balaban J connectivity index is 2.04. The topological polar surface area (TPSA) is 59.0 Å². The highest BCUT2D eigenvalue weighted by atomic mass is 16.7. The highest BCUT2D eigenvalue weighted by Gasteiger charge is 2.34. The number of para-hydroxylation sites is 1. The van der Waals surface area contributed by atoms with E-state index in [4.69, 9.17) is 9.57 Å². The second kappa shape index (κ2) is 6.40. The molecule has 0 bridgehead atoms. The average Bonchev–Trinajstić information content (AvgIpc) is 2.57. The molecule has 0 saturated carbocycles. The van der Waals surface area contributed by atoms with Gasteiger partial charge in [-0.25, -0.2) is 0 Å². The Kier molecular flexibility index (Phi) is 4.32. The monoisotopic (exact) mass is 313 g/mol. The molecule has 1 heterocycles. The van der Waals surface area contributed by atoms with Gasteiger partial charge in [-0.3, -0.25) is 4.79 Å². The fourth-order valence-corrected chi connectivity index (χ4v) is 2.94. The molecule has 1 N–H and O–H groups in total. The van der Waals surface area contributed by atoms with Gasteiger partial charge in [0.05, 0.1) is 7.11 Å². The number of fused-ring (bicyclic) bond motifs is 2. The zero-order valence-electron chi connectivity index (χ0n) is 13.2. The van der Waals surface area contributed by atoms with Crippen molar-refractivity contribution in [2.45, 2.75) is 12.3 Å². The zero-order chi connectivity index (χ0) is 16.4. The lowest BCUT2D eigenvalue weighted by atomic mass is 9.84. The fraction of sp³-hybridized carbons (Fsp3) is 0.278. The van der Waals surface area contributed by atoms with Crippen LogP contribution in [0.4, 0.5) is 0 Å². The summed E-state index contributed by atoms with van der Waals surface area (Å²) >= 11 is 0. The van der Waals surface area contributed by atoms with Gasteiger partial charge in [-0.15, -0.1) is 0 Å². The number of hydroxylamine groups is 2. The van der Waals surface area contributed by atoms with Crippen molar-refractivity contribution < 1.29 is 19.5 Å². The molecule has 1 aliphatic heterocycles. The quantitative estimate of drug-likeness (QED) is 0.860. The van der Waals surface area contributed by atoms with Crippen molar-refractivity contribution in [3.05, 3.63) is 59.2 Å². The molecular weight excluding hydrogens is 294 g/mol. The first-order chi connectivity index (χ1) is 11.1. The number of carboxylic acid groups (broad SMARTS) is 1. The molecule has 23 heavy (non-hydrogen) atoms. The molecule has 0 aliphatic carbocycles. The van der Waals surface area contributed by atoms with E-state index < -0.39 is 11.9 Å². The fourth-order valence-electron chi connectivity index (χ4n) is 2.94. The van der Waals surface area contributed by atoms with Crippen LogP contribution in [0.1, 0.15) is 22.6 Å². The molecule has 0 aromatic heterocycles. The lowest BCUT2D eigenvalue weighted by Crippen LogP contribution is -2.23. The summed E-state index contributed by atoms with van der Waals surface area (Å²) in [5, 5.41) is 11.5. The van der Waals surface area contributed by atoms with Gasteiger partial charge in [0.1, 0.15) is 17.4 Å². The second-order valence-electron chi connectivity index (χ2n) is 5.52. The molecule has 3 rings (SSSR count). The Morgan fingerprint density at radius 2 is 1.96 bits per heavy atom. The summed E-state index contributed by atoms with van der Waals surface area (Å²) in [6.07, 6.45) is 0.683. The van der Waals surface area contributed by atoms with Gasteiger partial charge in [0.25, 0.3) is 0 Å². The summed E-state index contributed by atoms with van der Waals surface area (Å²) in [6, 6.07) is 13.0. The Labute approximate surface area is 135 Å². The van der Waals surface area contributed by atoms with E-state index in [9.17, 15) is 9.90 Å². The van der Waals surface area contributed by atoms with Crippen molar-refractivity contribution in [3.8, 4) is 11.5 Å². The number of likely N-dealkylation sites (N-methyl/N-ethyl adjacent to an activating group) is 1. The SMILES string of the molecule is CON(C)CCc1cccc2c1C(C(=O)O)c1ccccc1O2. The standard InChI is InChI=1S/C18H19NO4/c1-19(22-2)11-10-12-6-5-9-15-16(12)17(18(20)21)13-7-3-4-8-14(13)23-15/h3-9,17H,10-11H2,1-2H3,(H,20,21). The third-order valence-electron chi connectivity index (χ3n) is 4.15. The van der Waals surface area contributed by atoms with E-state index in [0.717, 1.165) is 11.1 Å². The number of benzene rings is 2. The van der Waals surface area contributed by atoms with Crippen molar-refractivity contribution in [2.24, 2.45) is 0 Å². The third-order valence-corrected chi connectivity index (χ3v) is 4.15. The summed E-state index contributed by atoms with van der Waals surface area (Å²) in [5.74, 6) is -0.347.